The Labute approximate surface area is 169 Å². The van der Waals surface area contributed by atoms with Crippen molar-refractivity contribution >= 4 is 15.7 Å². The topological polar surface area (TPSA) is 76.7 Å². The second-order valence-corrected chi connectivity index (χ2v) is 10.5. The fraction of sp³-hybridized carbons (Fsp3) is 0.714. The quantitative estimate of drug-likeness (QED) is 0.685. The average molecular weight is 411 g/mol. The van der Waals surface area contributed by atoms with Gasteiger partial charge in [-0.25, -0.2) is 13.1 Å². The van der Waals surface area contributed by atoms with Crippen LogP contribution in [0.4, 0.5) is 5.69 Å². The summed E-state index contributed by atoms with van der Waals surface area (Å²) in [5.41, 5.74) is 1.10. The minimum absolute atomic E-state index is 0.0882. The van der Waals surface area contributed by atoms with Gasteiger partial charge in [-0.1, -0.05) is 0 Å². The van der Waals surface area contributed by atoms with Gasteiger partial charge in [0.05, 0.1) is 18.5 Å². The molecule has 7 heteroatoms. The van der Waals surface area contributed by atoms with Crippen molar-refractivity contribution in [2.24, 2.45) is 5.92 Å². The molecule has 2 N–H and O–H groups in total. The highest BCUT2D eigenvalue weighted by molar-refractivity contribution is 7.90. The number of nitrogens with one attached hydrogen (secondary N) is 2. The van der Waals surface area contributed by atoms with Gasteiger partial charge in [0.1, 0.15) is 11.9 Å². The predicted octanol–water partition coefficient (Wildman–Crippen LogP) is 3.54. The first-order valence-electron chi connectivity index (χ1n) is 10.5. The van der Waals surface area contributed by atoms with Crippen LogP contribution in [0.3, 0.4) is 0 Å². The van der Waals surface area contributed by atoms with Crippen LogP contribution in [-0.4, -0.2) is 45.6 Å². The summed E-state index contributed by atoms with van der Waals surface area (Å²) in [6.07, 6.45) is 6.08. The zero-order chi connectivity index (χ0) is 20.0. The number of anilines is 1. The zero-order valence-corrected chi connectivity index (χ0v) is 17.8. The molecule has 1 aliphatic carbocycles. The predicted molar refractivity (Wildman–Crippen MR) is 112 cm³/mol. The van der Waals surface area contributed by atoms with E-state index in [1.807, 2.05) is 12.1 Å². The normalized spacial score (nSPS) is 24.2. The van der Waals surface area contributed by atoms with Crippen LogP contribution >= 0.6 is 0 Å². The Morgan fingerprint density at radius 3 is 2.29 bits per heavy atom. The Morgan fingerprint density at radius 2 is 1.68 bits per heavy atom. The first kappa shape index (κ1) is 21.4. The largest absolute Gasteiger partial charge is 0.490 e. The maximum Gasteiger partial charge on any atom is 0.214 e. The van der Waals surface area contributed by atoms with Gasteiger partial charge in [-0.15, -0.1) is 0 Å². The van der Waals surface area contributed by atoms with Gasteiger partial charge in [0.2, 0.25) is 10.0 Å². The van der Waals surface area contributed by atoms with Crippen molar-refractivity contribution in [3.8, 4) is 5.75 Å². The molecule has 28 heavy (non-hydrogen) atoms. The lowest BCUT2D eigenvalue weighted by atomic mass is 9.86. The van der Waals surface area contributed by atoms with Gasteiger partial charge in [-0.05, 0) is 69.7 Å². The lowest BCUT2D eigenvalue weighted by molar-refractivity contribution is 0.0256. The smallest absolute Gasteiger partial charge is 0.214 e. The highest BCUT2D eigenvalue weighted by atomic mass is 32.2. The maximum absolute atomic E-state index is 12.0. The van der Waals surface area contributed by atoms with Crippen molar-refractivity contribution in [3.63, 3.8) is 0 Å². The SMILES string of the molecule is CC(C)S(=O)(=O)NC1CCC(CNc2ccc(OC3CCOCC3)cc2)CC1. The number of hydrogen-bond acceptors (Lipinski definition) is 5. The van der Waals surface area contributed by atoms with Crippen LogP contribution < -0.4 is 14.8 Å². The van der Waals surface area contributed by atoms with Crippen molar-refractivity contribution in [1.29, 1.82) is 0 Å². The number of hydrogen-bond donors (Lipinski definition) is 2. The van der Waals surface area contributed by atoms with E-state index in [4.69, 9.17) is 9.47 Å². The maximum atomic E-state index is 12.0. The molecule has 2 aliphatic rings. The summed E-state index contributed by atoms with van der Waals surface area (Å²) in [6, 6.07) is 8.27. The van der Waals surface area contributed by atoms with Crippen molar-refractivity contribution < 1.29 is 17.9 Å². The van der Waals surface area contributed by atoms with Crippen LogP contribution in [0, 0.1) is 5.92 Å². The fourth-order valence-corrected chi connectivity index (χ4v) is 4.73. The Bertz CT molecular complexity index is 692. The molecule has 158 valence electrons. The van der Waals surface area contributed by atoms with E-state index in [1.165, 1.54) is 0 Å². The van der Waals surface area contributed by atoms with E-state index in [-0.39, 0.29) is 17.4 Å². The molecule has 1 aromatic rings. The molecule has 0 atom stereocenters. The zero-order valence-electron chi connectivity index (χ0n) is 17.0. The third-order valence-corrected chi connectivity index (χ3v) is 7.62. The van der Waals surface area contributed by atoms with Gasteiger partial charge in [0.15, 0.2) is 0 Å². The van der Waals surface area contributed by atoms with Crippen LogP contribution in [0.15, 0.2) is 24.3 Å². The van der Waals surface area contributed by atoms with Crippen LogP contribution in [0.5, 0.6) is 5.75 Å². The molecule has 1 aliphatic heterocycles. The van der Waals surface area contributed by atoms with Gasteiger partial charge in [-0.3, -0.25) is 0 Å². The highest BCUT2D eigenvalue weighted by Crippen LogP contribution is 2.26. The van der Waals surface area contributed by atoms with Crippen molar-refractivity contribution in [2.45, 2.75) is 69.8 Å². The van der Waals surface area contributed by atoms with E-state index in [0.29, 0.717) is 5.92 Å². The van der Waals surface area contributed by atoms with E-state index in [0.717, 1.165) is 69.7 Å². The third-order valence-electron chi connectivity index (χ3n) is 5.72. The molecule has 0 unspecified atom stereocenters. The fourth-order valence-electron chi connectivity index (χ4n) is 3.75. The lowest BCUT2D eigenvalue weighted by Crippen LogP contribution is -2.41. The van der Waals surface area contributed by atoms with Gasteiger partial charge >= 0.3 is 0 Å². The Morgan fingerprint density at radius 1 is 1.04 bits per heavy atom. The first-order chi connectivity index (χ1) is 13.4. The summed E-state index contributed by atoms with van der Waals surface area (Å²) >= 11 is 0. The Kier molecular flexibility index (Phi) is 7.60. The number of rotatable bonds is 8. The standard InChI is InChI=1S/C21H34N2O4S/c1-16(2)28(24,25)23-19-5-3-17(4-6-19)15-22-18-7-9-20(10-8-18)27-21-11-13-26-14-12-21/h7-10,16-17,19,21-23H,3-6,11-15H2,1-2H3. The van der Waals surface area contributed by atoms with Crippen LogP contribution in [0.1, 0.15) is 52.4 Å². The second-order valence-electron chi connectivity index (χ2n) is 8.26. The minimum Gasteiger partial charge on any atom is -0.490 e. The molecule has 0 aromatic heterocycles. The molecule has 6 nitrogen and oxygen atoms in total. The summed E-state index contributed by atoms with van der Waals surface area (Å²) in [7, 11) is -3.17. The molecular formula is C21H34N2O4S. The van der Waals surface area contributed by atoms with Gasteiger partial charge in [-0.2, -0.15) is 0 Å². The molecule has 1 aromatic carbocycles. The summed E-state index contributed by atoms with van der Waals surface area (Å²) in [5, 5.41) is 3.14. The molecule has 2 fully saturated rings. The molecule has 3 rings (SSSR count). The molecule has 0 radical (unpaired) electrons. The van der Waals surface area contributed by atoms with E-state index < -0.39 is 10.0 Å². The minimum atomic E-state index is -3.17. The van der Waals surface area contributed by atoms with E-state index in [1.54, 1.807) is 13.8 Å². The monoisotopic (exact) mass is 410 g/mol. The van der Waals surface area contributed by atoms with Crippen molar-refractivity contribution in [1.82, 2.24) is 4.72 Å². The average Bonchev–Trinajstić information content (AvgIpc) is 2.69. The molecular weight excluding hydrogens is 376 g/mol. The number of ether oxygens (including phenoxy) is 2. The van der Waals surface area contributed by atoms with Gasteiger partial charge < -0.3 is 14.8 Å². The van der Waals surface area contributed by atoms with Crippen LogP contribution in [0.2, 0.25) is 0 Å². The Balaban J connectivity index is 1.38. The molecule has 0 bridgehead atoms. The van der Waals surface area contributed by atoms with E-state index in [9.17, 15) is 8.42 Å². The summed E-state index contributed by atoms with van der Waals surface area (Å²) < 4.78 is 38.2. The Hall–Kier alpha value is -1.31. The van der Waals surface area contributed by atoms with Crippen LogP contribution in [0.25, 0.3) is 0 Å². The van der Waals surface area contributed by atoms with Crippen LogP contribution in [-0.2, 0) is 14.8 Å². The molecule has 0 spiro atoms. The lowest BCUT2D eigenvalue weighted by Gasteiger charge is -2.29. The molecule has 1 heterocycles. The van der Waals surface area contributed by atoms with E-state index >= 15 is 0 Å². The number of benzene rings is 1. The molecule has 1 saturated carbocycles. The molecule has 0 amide bonds. The summed E-state index contributed by atoms with van der Waals surface area (Å²) in [6.45, 7) is 5.93. The highest BCUT2D eigenvalue weighted by Gasteiger charge is 2.26. The van der Waals surface area contributed by atoms with Crippen molar-refractivity contribution in [3.05, 3.63) is 24.3 Å². The number of sulfonamides is 1. The molecule has 1 saturated heterocycles. The summed E-state index contributed by atoms with van der Waals surface area (Å²) in [5.74, 6) is 1.49. The van der Waals surface area contributed by atoms with Crippen molar-refractivity contribution in [2.75, 3.05) is 25.1 Å². The first-order valence-corrected chi connectivity index (χ1v) is 12.1. The summed E-state index contributed by atoms with van der Waals surface area (Å²) in [4.78, 5) is 0. The van der Waals surface area contributed by atoms with Gasteiger partial charge in [0, 0.05) is 31.1 Å². The van der Waals surface area contributed by atoms with Gasteiger partial charge in [0.25, 0.3) is 0 Å². The second kappa shape index (κ2) is 9.94. The van der Waals surface area contributed by atoms with E-state index in [2.05, 4.69) is 22.2 Å². The third kappa shape index (κ3) is 6.36.